The molecule has 5 aliphatic rings. The molecule has 1 aromatic carbocycles. The van der Waals surface area contributed by atoms with Gasteiger partial charge in [0, 0.05) is 24.2 Å². The van der Waals surface area contributed by atoms with Gasteiger partial charge < -0.3 is 9.84 Å². The Morgan fingerprint density at radius 3 is 2.97 bits per heavy atom. The van der Waals surface area contributed by atoms with Crippen molar-refractivity contribution in [3.05, 3.63) is 65.5 Å². The third kappa shape index (κ3) is 2.34. The summed E-state index contributed by atoms with van der Waals surface area (Å²) in [6, 6.07) is 9.10. The molecule has 1 saturated heterocycles. The zero-order valence-corrected chi connectivity index (χ0v) is 18.3. The molecule has 1 N–H and O–H groups in total. The topological polar surface area (TPSA) is 42.4 Å². The van der Waals surface area contributed by atoms with Crippen molar-refractivity contribution in [1.82, 2.24) is 4.98 Å². The highest BCUT2D eigenvalue weighted by atomic mass is 16.5. The van der Waals surface area contributed by atoms with Crippen LogP contribution >= 0.6 is 0 Å². The van der Waals surface area contributed by atoms with E-state index in [1.165, 1.54) is 40.3 Å². The molecule has 3 fully saturated rings. The molecule has 2 bridgehead atoms. The maximum atomic E-state index is 10.4. The molecule has 2 spiro atoms. The van der Waals surface area contributed by atoms with Crippen molar-refractivity contribution in [3.8, 4) is 0 Å². The van der Waals surface area contributed by atoms with Gasteiger partial charge in [0.2, 0.25) is 0 Å². The predicted molar refractivity (Wildman–Crippen MR) is 122 cm³/mol. The zero-order valence-electron chi connectivity index (χ0n) is 18.3. The first-order valence-electron chi connectivity index (χ1n) is 12.2. The minimum Gasteiger partial charge on any atom is -0.393 e. The molecule has 2 saturated carbocycles. The lowest BCUT2D eigenvalue weighted by atomic mass is 9.58. The Morgan fingerprint density at radius 2 is 2.03 bits per heavy atom. The number of hydrogen-bond acceptors (Lipinski definition) is 3. The van der Waals surface area contributed by atoms with Gasteiger partial charge in [0.15, 0.2) is 0 Å². The Balaban J connectivity index is 1.31. The molecule has 3 aliphatic carbocycles. The van der Waals surface area contributed by atoms with Gasteiger partial charge in [0.25, 0.3) is 0 Å². The van der Waals surface area contributed by atoms with Crippen LogP contribution in [0.2, 0.25) is 0 Å². The van der Waals surface area contributed by atoms with E-state index >= 15 is 0 Å². The zero-order chi connectivity index (χ0) is 20.8. The normalized spacial score (nSPS) is 43.1. The fourth-order valence-electron chi connectivity index (χ4n) is 8.25. The van der Waals surface area contributed by atoms with Gasteiger partial charge in [-0.1, -0.05) is 31.2 Å². The fourth-order valence-corrected chi connectivity index (χ4v) is 8.25. The Morgan fingerprint density at radius 1 is 1.10 bits per heavy atom. The average Bonchev–Trinajstić information content (AvgIpc) is 3.28. The van der Waals surface area contributed by atoms with Crippen molar-refractivity contribution >= 4 is 10.8 Å². The molecule has 0 radical (unpaired) electrons. The van der Waals surface area contributed by atoms with Gasteiger partial charge in [-0.15, -0.1) is 0 Å². The molecule has 3 heteroatoms. The third-order valence-corrected chi connectivity index (χ3v) is 9.72. The number of ether oxygens (including phenoxy) is 1. The van der Waals surface area contributed by atoms with Crippen molar-refractivity contribution in [1.29, 1.82) is 0 Å². The van der Waals surface area contributed by atoms with Crippen LogP contribution in [0.3, 0.4) is 0 Å². The van der Waals surface area contributed by atoms with E-state index in [-0.39, 0.29) is 22.7 Å². The summed E-state index contributed by atoms with van der Waals surface area (Å²) in [5.41, 5.74) is 4.26. The molecule has 31 heavy (non-hydrogen) atoms. The molecule has 6 atom stereocenters. The van der Waals surface area contributed by atoms with Gasteiger partial charge in [-0.25, -0.2) is 0 Å². The van der Waals surface area contributed by atoms with Crippen molar-refractivity contribution in [2.45, 2.75) is 81.5 Å². The van der Waals surface area contributed by atoms with Gasteiger partial charge >= 0.3 is 0 Å². The first-order valence-corrected chi connectivity index (χ1v) is 12.2. The van der Waals surface area contributed by atoms with E-state index in [1.54, 1.807) is 0 Å². The predicted octanol–water partition coefficient (Wildman–Crippen LogP) is 5.84. The van der Waals surface area contributed by atoms with Crippen molar-refractivity contribution < 1.29 is 9.84 Å². The summed E-state index contributed by atoms with van der Waals surface area (Å²) in [7, 11) is 0. The van der Waals surface area contributed by atoms with Crippen LogP contribution in [-0.2, 0) is 4.74 Å². The van der Waals surface area contributed by atoms with Gasteiger partial charge in [-0.05, 0) is 96.4 Å². The van der Waals surface area contributed by atoms with Crippen LogP contribution in [0.1, 0.15) is 69.8 Å². The Kier molecular flexibility index (Phi) is 3.65. The first kappa shape index (κ1) is 18.6. The van der Waals surface area contributed by atoms with E-state index in [2.05, 4.69) is 48.3 Å². The van der Waals surface area contributed by atoms with Crippen LogP contribution in [0.5, 0.6) is 0 Å². The molecule has 3 nitrogen and oxygen atoms in total. The number of hydrogen-bond donors (Lipinski definition) is 1. The molecule has 2 aliphatic heterocycles. The number of aliphatic hydroxyl groups excluding tert-OH is 1. The summed E-state index contributed by atoms with van der Waals surface area (Å²) in [5, 5.41) is 13.0. The summed E-state index contributed by atoms with van der Waals surface area (Å²) in [4.78, 5) is 4.35. The minimum atomic E-state index is -0.213. The molecule has 160 valence electrons. The van der Waals surface area contributed by atoms with Crippen LogP contribution in [0.4, 0.5) is 0 Å². The van der Waals surface area contributed by atoms with Gasteiger partial charge in [0.1, 0.15) is 0 Å². The Labute approximate surface area is 184 Å². The van der Waals surface area contributed by atoms with Crippen LogP contribution < -0.4 is 0 Å². The summed E-state index contributed by atoms with van der Waals surface area (Å²) < 4.78 is 7.18. The molecule has 3 heterocycles. The largest absolute Gasteiger partial charge is 0.393 e. The van der Waals surface area contributed by atoms with Crippen molar-refractivity contribution in [3.63, 3.8) is 0 Å². The standard InChI is InChI=1S/C28H31NO2/c1-26-10-8-22-15-21-4-5-23(30)16-27(21)11-12-28(22,31-27)25(26)7-6-24(26)19-3-2-18-9-13-29-17-20(18)14-19/h2-3,8-9,13-15,17,23-25,30H,4-7,10-12,16H2,1H3/t23?,24?,25-,26-,27-,28-/m1/s1. The highest BCUT2D eigenvalue weighted by Gasteiger charge is 2.66. The van der Waals surface area contributed by atoms with E-state index in [1.807, 2.05) is 12.4 Å². The van der Waals surface area contributed by atoms with E-state index in [4.69, 9.17) is 4.74 Å². The van der Waals surface area contributed by atoms with E-state index in [9.17, 15) is 5.11 Å². The van der Waals surface area contributed by atoms with E-state index in [0.29, 0.717) is 11.8 Å². The lowest BCUT2D eigenvalue weighted by molar-refractivity contribution is -0.144. The molecule has 2 aromatic rings. The third-order valence-electron chi connectivity index (χ3n) is 9.72. The molecule has 0 amide bonds. The van der Waals surface area contributed by atoms with Crippen molar-refractivity contribution in [2.24, 2.45) is 11.3 Å². The number of fused-ring (bicyclic) bond motifs is 2. The molecule has 7 rings (SSSR count). The number of rotatable bonds is 1. The van der Waals surface area contributed by atoms with Gasteiger partial charge in [0.05, 0.1) is 17.3 Å². The van der Waals surface area contributed by atoms with Gasteiger partial charge in [-0.2, -0.15) is 0 Å². The lowest BCUT2D eigenvalue weighted by Gasteiger charge is -2.54. The second-order valence-electron chi connectivity index (χ2n) is 11.1. The SMILES string of the molecule is C[C@]12CC=C3C=C4CCC(O)C[C@]45CC[C@]3(O5)[C@@H]1CCC2c1ccc2ccncc2c1. The average molecular weight is 414 g/mol. The second-order valence-corrected chi connectivity index (χ2v) is 11.1. The highest BCUT2D eigenvalue weighted by molar-refractivity contribution is 5.82. The van der Waals surface area contributed by atoms with Crippen molar-refractivity contribution in [2.75, 3.05) is 0 Å². The minimum absolute atomic E-state index is 0.138. The molecule has 1 aromatic heterocycles. The maximum absolute atomic E-state index is 10.4. The summed E-state index contributed by atoms with van der Waals surface area (Å²) in [5.74, 6) is 1.10. The number of pyridine rings is 1. The van der Waals surface area contributed by atoms with Crippen LogP contribution in [-0.4, -0.2) is 27.4 Å². The number of aromatic nitrogens is 1. The Bertz CT molecular complexity index is 1150. The smallest absolute Gasteiger partial charge is 0.0974 e. The summed E-state index contributed by atoms with van der Waals surface area (Å²) in [6.45, 7) is 2.52. The highest BCUT2D eigenvalue weighted by Crippen LogP contribution is 2.69. The quantitative estimate of drug-likeness (QED) is 0.639. The molecule has 2 unspecified atom stereocenters. The van der Waals surface area contributed by atoms with Crippen LogP contribution in [0.15, 0.2) is 60.0 Å². The molecular formula is C28H31NO2. The van der Waals surface area contributed by atoms with Gasteiger partial charge in [-0.3, -0.25) is 4.98 Å². The summed E-state index contributed by atoms with van der Waals surface area (Å²) >= 11 is 0. The number of benzene rings is 1. The van der Waals surface area contributed by atoms with Crippen LogP contribution in [0, 0.1) is 11.3 Å². The second kappa shape index (κ2) is 6.08. The van der Waals surface area contributed by atoms with E-state index < -0.39 is 0 Å². The molecular weight excluding hydrogens is 382 g/mol. The number of allylic oxidation sites excluding steroid dienone is 1. The maximum Gasteiger partial charge on any atom is 0.0974 e. The first-order chi connectivity index (χ1) is 15.0. The lowest BCUT2D eigenvalue weighted by Crippen LogP contribution is -2.54. The summed E-state index contributed by atoms with van der Waals surface area (Å²) in [6.07, 6.45) is 17.1. The number of aliphatic hydroxyl groups is 1. The monoisotopic (exact) mass is 413 g/mol. The Hall–Kier alpha value is -1.97. The number of nitrogens with zero attached hydrogens (tertiary/aromatic N) is 1. The van der Waals surface area contributed by atoms with E-state index in [0.717, 1.165) is 38.5 Å². The van der Waals surface area contributed by atoms with Crippen LogP contribution in [0.25, 0.3) is 10.8 Å². The fraction of sp³-hybridized carbons (Fsp3) is 0.536.